The largest absolute Gasteiger partial charge is 0.478 e. The maximum atomic E-state index is 12.9. The van der Waals surface area contributed by atoms with Gasteiger partial charge in [0.1, 0.15) is 0 Å². The lowest BCUT2D eigenvalue weighted by molar-refractivity contribution is 0.0697. The molecule has 2 N–H and O–H groups in total. The van der Waals surface area contributed by atoms with Crippen molar-refractivity contribution in [1.82, 2.24) is 0 Å². The first-order chi connectivity index (χ1) is 15.7. The van der Waals surface area contributed by atoms with E-state index in [9.17, 15) is 18.3 Å². The summed E-state index contributed by atoms with van der Waals surface area (Å²) in [5.41, 5.74) is 2.91. The van der Waals surface area contributed by atoms with Crippen LogP contribution in [0.5, 0.6) is 0 Å². The van der Waals surface area contributed by atoms with Crippen LogP contribution in [0, 0.1) is 5.92 Å². The zero-order valence-corrected chi connectivity index (χ0v) is 20.0. The third kappa shape index (κ3) is 6.35. The Morgan fingerprint density at radius 3 is 2.21 bits per heavy atom. The molecule has 0 atom stereocenters. The smallest absolute Gasteiger partial charge is 0.337 e. The number of carbonyl (C=O) groups is 1. The summed E-state index contributed by atoms with van der Waals surface area (Å²) < 4.78 is 28.2. The average molecular weight is 467 g/mol. The number of hydrogen-bond acceptors (Lipinski definition) is 4. The molecule has 0 heterocycles. The summed E-state index contributed by atoms with van der Waals surface area (Å²) in [7, 11) is -3.84. The number of benzene rings is 3. The summed E-state index contributed by atoms with van der Waals surface area (Å²) in [5.74, 6) is -0.640. The van der Waals surface area contributed by atoms with Crippen LogP contribution in [-0.2, 0) is 23.0 Å². The van der Waals surface area contributed by atoms with Crippen LogP contribution in [0.3, 0.4) is 0 Å². The van der Waals surface area contributed by atoms with Crippen LogP contribution in [-0.4, -0.2) is 26.0 Å². The number of carboxylic acid groups (broad SMARTS) is 1. The molecule has 0 aromatic heterocycles. The Hall–Kier alpha value is -3.32. The minimum atomic E-state index is -3.84. The van der Waals surface area contributed by atoms with Gasteiger partial charge in [0, 0.05) is 18.8 Å². The Morgan fingerprint density at radius 2 is 1.64 bits per heavy atom. The molecule has 0 saturated carbocycles. The lowest BCUT2D eigenvalue weighted by Gasteiger charge is -2.25. The highest BCUT2D eigenvalue weighted by Crippen LogP contribution is 2.27. The molecule has 0 bridgehead atoms. The predicted octanol–water partition coefficient (Wildman–Crippen LogP) is 5.41. The van der Waals surface area contributed by atoms with Crippen LogP contribution in [0.1, 0.15) is 42.3 Å². The fourth-order valence-corrected chi connectivity index (χ4v) is 4.76. The van der Waals surface area contributed by atoms with Gasteiger partial charge in [-0.2, -0.15) is 0 Å². The van der Waals surface area contributed by atoms with Crippen LogP contribution in [0.25, 0.3) is 0 Å². The number of anilines is 2. The Labute approximate surface area is 195 Å². The average Bonchev–Trinajstić information content (AvgIpc) is 2.78. The molecule has 0 aliphatic rings. The van der Waals surface area contributed by atoms with E-state index in [2.05, 4.69) is 18.6 Å². The van der Waals surface area contributed by atoms with Crippen molar-refractivity contribution in [3.8, 4) is 0 Å². The summed E-state index contributed by atoms with van der Waals surface area (Å²) in [5, 5.41) is 9.81. The number of hydrogen-bond donors (Lipinski definition) is 2. The number of sulfonamides is 1. The molecule has 0 amide bonds. The van der Waals surface area contributed by atoms with Crippen LogP contribution in [0.2, 0.25) is 0 Å². The SMILES string of the molecule is CCN(Cc1ccccc1)c1ccc(NS(=O)(=O)c2ccc(CC(C)C)cc2)cc1C(=O)O. The fraction of sp³-hybridized carbons (Fsp3) is 0.269. The van der Waals surface area contributed by atoms with E-state index in [1.807, 2.05) is 54.3 Å². The van der Waals surface area contributed by atoms with Gasteiger partial charge in [-0.1, -0.05) is 56.3 Å². The van der Waals surface area contributed by atoms with E-state index in [-0.39, 0.29) is 16.1 Å². The van der Waals surface area contributed by atoms with Gasteiger partial charge >= 0.3 is 5.97 Å². The molecule has 0 radical (unpaired) electrons. The van der Waals surface area contributed by atoms with E-state index in [4.69, 9.17) is 0 Å². The standard InChI is InChI=1S/C26H30N2O4S/c1-4-28(18-21-8-6-5-7-9-21)25-15-12-22(17-24(25)26(29)30)27-33(31,32)23-13-10-20(11-14-23)16-19(2)3/h5-15,17,19,27H,4,16,18H2,1-3H3,(H,29,30). The van der Waals surface area contributed by atoms with E-state index in [0.29, 0.717) is 24.7 Å². The van der Waals surface area contributed by atoms with E-state index in [1.54, 1.807) is 24.3 Å². The zero-order valence-electron chi connectivity index (χ0n) is 19.2. The Balaban J connectivity index is 1.85. The van der Waals surface area contributed by atoms with Crippen molar-refractivity contribution in [3.63, 3.8) is 0 Å². The summed E-state index contributed by atoms with van der Waals surface area (Å²) in [6, 6.07) is 21.2. The van der Waals surface area contributed by atoms with Crippen molar-refractivity contribution in [2.45, 2.75) is 38.6 Å². The van der Waals surface area contributed by atoms with Crippen LogP contribution < -0.4 is 9.62 Å². The van der Waals surface area contributed by atoms with E-state index in [0.717, 1.165) is 17.5 Å². The maximum absolute atomic E-state index is 12.9. The summed E-state index contributed by atoms with van der Waals surface area (Å²) >= 11 is 0. The first-order valence-corrected chi connectivity index (χ1v) is 12.5. The fourth-order valence-electron chi connectivity index (χ4n) is 3.71. The molecule has 0 saturated heterocycles. The highest BCUT2D eigenvalue weighted by atomic mass is 32.2. The number of carboxylic acids is 1. The van der Waals surface area contributed by atoms with Crippen molar-refractivity contribution in [3.05, 3.63) is 89.5 Å². The summed E-state index contributed by atoms with van der Waals surface area (Å²) in [4.78, 5) is 14.1. The predicted molar refractivity (Wildman–Crippen MR) is 132 cm³/mol. The highest BCUT2D eigenvalue weighted by molar-refractivity contribution is 7.92. The van der Waals surface area contributed by atoms with E-state index in [1.165, 1.54) is 6.07 Å². The Bertz CT molecular complexity index is 1190. The van der Waals surface area contributed by atoms with Crippen molar-refractivity contribution in [2.24, 2.45) is 5.92 Å². The lowest BCUT2D eigenvalue weighted by Crippen LogP contribution is -2.24. The minimum Gasteiger partial charge on any atom is -0.478 e. The van der Waals surface area contributed by atoms with Gasteiger partial charge in [-0.15, -0.1) is 0 Å². The highest BCUT2D eigenvalue weighted by Gasteiger charge is 2.19. The molecule has 3 aromatic carbocycles. The van der Waals surface area contributed by atoms with Gasteiger partial charge in [-0.25, -0.2) is 13.2 Å². The van der Waals surface area contributed by atoms with E-state index < -0.39 is 16.0 Å². The minimum absolute atomic E-state index is 0.0419. The van der Waals surface area contributed by atoms with Crippen LogP contribution in [0.4, 0.5) is 11.4 Å². The Morgan fingerprint density at radius 1 is 0.970 bits per heavy atom. The van der Waals surface area contributed by atoms with Gasteiger partial charge in [0.05, 0.1) is 16.1 Å². The molecule has 0 unspecified atom stereocenters. The third-order valence-corrected chi connectivity index (χ3v) is 6.69. The van der Waals surface area contributed by atoms with Crippen molar-refractivity contribution in [2.75, 3.05) is 16.2 Å². The molecule has 3 rings (SSSR count). The molecule has 3 aromatic rings. The van der Waals surface area contributed by atoms with E-state index >= 15 is 0 Å². The molecular weight excluding hydrogens is 436 g/mol. The lowest BCUT2D eigenvalue weighted by atomic mass is 10.0. The second kappa shape index (κ2) is 10.5. The third-order valence-electron chi connectivity index (χ3n) is 5.30. The molecule has 7 heteroatoms. The molecule has 0 fully saturated rings. The molecule has 174 valence electrons. The number of nitrogens with one attached hydrogen (secondary N) is 1. The van der Waals surface area contributed by atoms with Gasteiger partial charge in [-0.05, 0) is 60.7 Å². The normalized spacial score (nSPS) is 11.4. The molecule has 0 spiro atoms. The van der Waals surface area contributed by atoms with Crippen molar-refractivity contribution in [1.29, 1.82) is 0 Å². The Kier molecular flexibility index (Phi) is 7.76. The number of aromatic carboxylic acids is 1. The van der Waals surface area contributed by atoms with Gasteiger partial charge in [0.15, 0.2) is 0 Å². The zero-order chi connectivity index (χ0) is 24.0. The van der Waals surface area contributed by atoms with Crippen molar-refractivity contribution >= 4 is 27.4 Å². The second-order valence-corrected chi connectivity index (χ2v) is 10.1. The van der Waals surface area contributed by atoms with Crippen LogP contribution in [0.15, 0.2) is 77.7 Å². The first-order valence-electron chi connectivity index (χ1n) is 11.0. The van der Waals surface area contributed by atoms with Gasteiger partial charge in [-0.3, -0.25) is 4.72 Å². The monoisotopic (exact) mass is 466 g/mol. The molecule has 0 aliphatic carbocycles. The summed E-state index contributed by atoms with van der Waals surface area (Å²) in [6.07, 6.45) is 0.869. The maximum Gasteiger partial charge on any atom is 0.337 e. The molecule has 6 nitrogen and oxygen atoms in total. The van der Waals surface area contributed by atoms with Crippen molar-refractivity contribution < 1.29 is 18.3 Å². The quantitative estimate of drug-likeness (QED) is 0.417. The molecular formula is C26H30N2O4S. The second-order valence-electron chi connectivity index (χ2n) is 8.38. The number of rotatable bonds is 10. The number of nitrogens with zero attached hydrogens (tertiary/aromatic N) is 1. The van der Waals surface area contributed by atoms with Gasteiger partial charge < -0.3 is 10.0 Å². The first kappa shape index (κ1) is 24.3. The topological polar surface area (TPSA) is 86.7 Å². The van der Waals surface area contributed by atoms with Gasteiger partial charge in [0.2, 0.25) is 0 Å². The summed E-state index contributed by atoms with van der Waals surface area (Å²) in [6.45, 7) is 7.31. The molecule has 0 aliphatic heterocycles. The van der Waals surface area contributed by atoms with Crippen LogP contribution >= 0.6 is 0 Å². The molecule has 33 heavy (non-hydrogen) atoms. The van der Waals surface area contributed by atoms with Gasteiger partial charge in [0.25, 0.3) is 10.0 Å².